The van der Waals surface area contributed by atoms with Crippen molar-refractivity contribution in [3.63, 3.8) is 0 Å². The molecule has 1 N–H and O–H groups in total. The van der Waals surface area contributed by atoms with Crippen LogP contribution in [0.3, 0.4) is 0 Å². The maximum absolute atomic E-state index is 14.4. The van der Waals surface area contributed by atoms with Gasteiger partial charge in [-0.2, -0.15) is 0 Å². The Balaban J connectivity index is 1.67. The normalized spacial score (nSPS) is 21.8. The Morgan fingerprint density at radius 3 is 2.57 bits per heavy atom. The molecule has 1 aliphatic heterocycles. The summed E-state index contributed by atoms with van der Waals surface area (Å²) in [6.45, 7) is 4.99. The number of rotatable bonds is 9. The van der Waals surface area contributed by atoms with Gasteiger partial charge in [-0.3, -0.25) is 9.59 Å². The molecular weight excluding hydrogens is 539 g/mol. The Bertz CT molecular complexity index is 1290. The van der Waals surface area contributed by atoms with E-state index in [0.717, 1.165) is 12.8 Å². The van der Waals surface area contributed by atoms with E-state index in [0.29, 0.717) is 34.7 Å². The number of amides is 1. The Labute approximate surface area is 226 Å². The van der Waals surface area contributed by atoms with Crippen LogP contribution < -0.4 is 0 Å². The van der Waals surface area contributed by atoms with E-state index in [1.54, 1.807) is 31.7 Å². The van der Waals surface area contributed by atoms with Crippen molar-refractivity contribution in [3.05, 3.63) is 50.7 Å². The summed E-state index contributed by atoms with van der Waals surface area (Å²) in [5, 5.41) is 9.72. The second kappa shape index (κ2) is 10.6. The van der Waals surface area contributed by atoms with Crippen LogP contribution in [0.1, 0.15) is 67.9 Å². The number of hydrogen-bond donors (Lipinski definition) is 1. The first-order valence-corrected chi connectivity index (χ1v) is 15.3. The average molecular weight is 571 g/mol. The van der Waals surface area contributed by atoms with Crippen LogP contribution in [-0.4, -0.2) is 51.8 Å². The van der Waals surface area contributed by atoms with E-state index in [2.05, 4.69) is 4.98 Å². The van der Waals surface area contributed by atoms with Gasteiger partial charge in [0.25, 0.3) is 0 Å². The summed E-state index contributed by atoms with van der Waals surface area (Å²) in [5.74, 6) is -2.18. The molecule has 7 nitrogen and oxygen atoms in total. The molecule has 1 aromatic heterocycles. The number of likely N-dealkylation sites (tertiary alicyclic amines) is 1. The van der Waals surface area contributed by atoms with Crippen LogP contribution in [0.4, 0.5) is 4.39 Å². The Kier molecular flexibility index (Phi) is 8.03. The molecule has 11 heteroatoms. The lowest BCUT2D eigenvalue weighted by atomic mass is 9.85. The van der Waals surface area contributed by atoms with Crippen molar-refractivity contribution in [1.29, 1.82) is 0 Å². The highest BCUT2D eigenvalue weighted by molar-refractivity contribution is 7.92. The third kappa shape index (κ3) is 6.34. The van der Waals surface area contributed by atoms with Crippen LogP contribution in [0.15, 0.2) is 24.4 Å². The summed E-state index contributed by atoms with van der Waals surface area (Å²) < 4.78 is 40.0. The van der Waals surface area contributed by atoms with Crippen LogP contribution in [-0.2, 0) is 32.3 Å². The molecule has 2 aromatic rings. The summed E-state index contributed by atoms with van der Waals surface area (Å²) in [5.41, 5.74) is 0.602. The van der Waals surface area contributed by atoms with Gasteiger partial charge in [0.2, 0.25) is 5.91 Å². The fraction of sp³-hybridized carbons (Fsp3) is 0.577. The lowest BCUT2D eigenvalue weighted by molar-refractivity contribution is -0.145. The molecule has 1 saturated carbocycles. The molecule has 1 saturated heterocycles. The lowest BCUT2D eigenvalue weighted by Gasteiger charge is -2.45. The Morgan fingerprint density at radius 1 is 1.27 bits per heavy atom. The van der Waals surface area contributed by atoms with Crippen molar-refractivity contribution >= 4 is 44.7 Å². The lowest BCUT2D eigenvalue weighted by Crippen LogP contribution is -2.53. The number of sulfone groups is 1. The van der Waals surface area contributed by atoms with Crippen LogP contribution in [0.25, 0.3) is 0 Å². The number of nitrogens with zero attached hydrogens (tertiary/aromatic N) is 2. The molecule has 1 amide bonds. The van der Waals surface area contributed by atoms with Crippen LogP contribution in [0, 0.1) is 17.7 Å². The summed E-state index contributed by atoms with van der Waals surface area (Å²) in [6.07, 6.45) is 4.51. The molecule has 2 heterocycles. The van der Waals surface area contributed by atoms with Crippen molar-refractivity contribution < 1.29 is 27.5 Å². The van der Waals surface area contributed by atoms with Gasteiger partial charge in [0.05, 0.1) is 33.0 Å². The predicted molar refractivity (Wildman–Crippen MR) is 141 cm³/mol. The van der Waals surface area contributed by atoms with E-state index in [9.17, 15) is 22.4 Å². The fourth-order valence-corrected chi connectivity index (χ4v) is 7.39. The molecule has 3 unspecified atom stereocenters. The minimum Gasteiger partial charge on any atom is -0.481 e. The van der Waals surface area contributed by atoms with Crippen molar-refractivity contribution in [1.82, 2.24) is 9.88 Å². The van der Waals surface area contributed by atoms with Gasteiger partial charge in [-0.05, 0) is 70.1 Å². The van der Waals surface area contributed by atoms with Crippen LogP contribution in [0.5, 0.6) is 0 Å². The Hall–Kier alpha value is -2.04. The first-order valence-electron chi connectivity index (χ1n) is 12.4. The number of carboxylic acids is 1. The zero-order valence-electron chi connectivity index (χ0n) is 21.1. The molecule has 0 spiro atoms. The number of aliphatic carboxylic acids is 1. The highest BCUT2D eigenvalue weighted by atomic mass is 35.5. The maximum Gasteiger partial charge on any atom is 0.308 e. The van der Waals surface area contributed by atoms with E-state index in [4.69, 9.17) is 16.7 Å². The van der Waals surface area contributed by atoms with Gasteiger partial charge in [-0.15, -0.1) is 11.3 Å². The van der Waals surface area contributed by atoms with Gasteiger partial charge in [0.1, 0.15) is 5.82 Å². The highest BCUT2D eigenvalue weighted by Gasteiger charge is 2.48. The van der Waals surface area contributed by atoms with Gasteiger partial charge in [-0.1, -0.05) is 17.7 Å². The van der Waals surface area contributed by atoms with Crippen molar-refractivity contribution in [2.24, 2.45) is 11.8 Å². The van der Waals surface area contributed by atoms with Crippen molar-refractivity contribution in [2.45, 2.75) is 76.1 Å². The van der Waals surface area contributed by atoms with Crippen LogP contribution in [0.2, 0.25) is 5.02 Å². The minimum absolute atomic E-state index is 0.00898. The summed E-state index contributed by atoms with van der Waals surface area (Å²) in [6, 6.07) is 3.54. The third-order valence-corrected chi connectivity index (χ3v) is 11.2. The average Bonchev–Trinajstić information content (AvgIpc) is 3.55. The monoisotopic (exact) mass is 570 g/mol. The quantitative estimate of drug-likeness (QED) is 0.451. The molecule has 4 rings (SSSR count). The number of halogens is 2. The molecule has 1 aliphatic carbocycles. The van der Waals surface area contributed by atoms with E-state index < -0.39 is 44.4 Å². The third-order valence-electron chi connectivity index (χ3n) is 7.25. The molecule has 2 aliphatic rings. The number of thiazole rings is 1. The number of hydrogen-bond acceptors (Lipinski definition) is 6. The second-order valence-electron chi connectivity index (χ2n) is 11.0. The first kappa shape index (κ1) is 28.0. The van der Waals surface area contributed by atoms with E-state index >= 15 is 0 Å². The Morgan fingerprint density at radius 2 is 1.97 bits per heavy atom. The summed E-state index contributed by atoms with van der Waals surface area (Å²) in [7, 11) is -3.53. The van der Waals surface area contributed by atoms with E-state index in [1.165, 1.54) is 29.7 Å². The van der Waals surface area contributed by atoms with Crippen molar-refractivity contribution in [3.8, 4) is 0 Å². The summed E-state index contributed by atoms with van der Waals surface area (Å²) >= 11 is 7.19. The maximum atomic E-state index is 14.4. The van der Waals surface area contributed by atoms with E-state index in [1.807, 2.05) is 0 Å². The fourth-order valence-electron chi connectivity index (χ4n) is 4.90. The summed E-state index contributed by atoms with van der Waals surface area (Å²) in [4.78, 5) is 31.8. The van der Waals surface area contributed by atoms with Gasteiger partial charge in [0.15, 0.2) is 9.84 Å². The number of carboxylic acid groups (broad SMARTS) is 1. The number of piperidine rings is 1. The molecule has 0 radical (unpaired) electrons. The largest absolute Gasteiger partial charge is 0.481 e. The number of carbonyl (C=O) groups is 2. The van der Waals surface area contributed by atoms with Crippen molar-refractivity contribution in [2.75, 3.05) is 5.75 Å². The van der Waals surface area contributed by atoms with E-state index in [-0.39, 0.29) is 29.0 Å². The SMILES string of the molecule is CC(C)(C)S(=O)(=O)CC(C1CC1)N1C(=O)C(Cc2ncc(CC(=O)O)s2)CCC1c1ccc(Cl)c(F)c1. The smallest absolute Gasteiger partial charge is 0.308 e. The first-order chi connectivity index (χ1) is 17.3. The second-order valence-corrected chi connectivity index (χ2v) is 15.4. The van der Waals surface area contributed by atoms with Gasteiger partial charge >= 0.3 is 5.97 Å². The van der Waals surface area contributed by atoms with Gasteiger partial charge in [-0.25, -0.2) is 17.8 Å². The van der Waals surface area contributed by atoms with Gasteiger partial charge in [0, 0.05) is 29.5 Å². The number of carbonyl (C=O) groups excluding carboxylic acids is 1. The number of aromatic nitrogens is 1. The minimum atomic E-state index is -3.53. The predicted octanol–water partition coefficient (Wildman–Crippen LogP) is 5.08. The molecule has 3 atom stereocenters. The molecule has 202 valence electrons. The standard InChI is InChI=1S/C26H32ClFN2O5S2/c1-26(2,3)37(34,35)14-22(15-4-5-15)30-21(16-6-8-19(27)20(28)10-16)9-7-17(25(30)33)11-23-29-13-18(36-23)12-24(31)32/h6,8,10,13,15,17,21-22H,4-5,7,9,11-12,14H2,1-3H3,(H,31,32). The molecular formula is C26H32ClFN2O5S2. The zero-order valence-corrected chi connectivity index (χ0v) is 23.5. The zero-order chi connectivity index (χ0) is 27.1. The highest BCUT2D eigenvalue weighted by Crippen LogP contribution is 2.45. The number of benzene rings is 1. The molecule has 1 aromatic carbocycles. The topological polar surface area (TPSA) is 105 Å². The molecule has 0 bridgehead atoms. The van der Waals surface area contributed by atoms with Crippen LogP contribution >= 0.6 is 22.9 Å². The molecule has 37 heavy (non-hydrogen) atoms. The van der Waals surface area contributed by atoms with Gasteiger partial charge < -0.3 is 10.0 Å². The molecule has 2 fully saturated rings.